The van der Waals surface area contributed by atoms with E-state index in [1.807, 2.05) is 0 Å². The van der Waals surface area contributed by atoms with E-state index in [1.54, 1.807) is 12.1 Å². The maximum absolute atomic E-state index is 11.8. The third-order valence-corrected chi connectivity index (χ3v) is 3.92. The SMILES string of the molecule is O=C(NCCC1CCCO1)Nc1c(Br)cccc1C(=O)O. The Morgan fingerprint density at radius 1 is 1.43 bits per heavy atom. The Labute approximate surface area is 131 Å². The predicted octanol–water partition coefficient (Wildman–Crippen LogP) is 2.84. The normalized spacial score (nSPS) is 17.5. The van der Waals surface area contributed by atoms with Gasteiger partial charge in [-0.05, 0) is 47.3 Å². The van der Waals surface area contributed by atoms with E-state index in [1.165, 1.54) is 6.07 Å². The minimum atomic E-state index is -1.09. The zero-order chi connectivity index (χ0) is 15.2. The van der Waals surface area contributed by atoms with Gasteiger partial charge in [-0.1, -0.05) is 6.07 Å². The highest BCUT2D eigenvalue weighted by Gasteiger charge is 2.17. The van der Waals surface area contributed by atoms with Crippen molar-refractivity contribution in [2.75, 3.05) is 18.5 Å². The zero-order valence-corrected chi connectivity index (χ0v) is 13.0. The highest BCUT2D eigenvalue weighted by atomic mass is 79.9. The molecule has 1 fully saturated rings. The molecule has 0 aliphatic carbocycles. The minimum Gasteiger partial charge on any atom is -0.478 e. The highest BCUT2D eigenvalue weighted by molar-refractivity contribution is 9.10. The Kier molecular flexibility index (Phi) is 5.58. The summed E-state index contributed by atoms with van der Waals surface area (Å²) >= 11 is 3.24. The summed E-state index contributed by atoms with van der Waals surface area (Å²) in [5.41, 5.74) is 0.290. The second kappa shape index (κ2) is 7.42. The van der Waals surface area contributed by atoms with E-state index >= 15 is 0 Å². The largest absolute Gasteiger partial charge is 0.478 e. The zero-order valence-electron chi connectivity index (χ0n) is 11.4. The van der Waals surface area contributed by atoms with Gasteiger partial charge >= 0.3 is 12.0 Å². The van der Waals surface area contributed by atoms with Crippen LogP contribution in [0.5, 0.6) is 0 Å². The van der Waals surface area contributed by atoms with Gasteiger partial charge in [-0.2, -0.15) is 0 Å². The fourth-order valence-electron chi connectivity index (χ4n) is 2.21. The quantitative estimate of drug-likeness (QED) is 0.756. The number of benzene rings is 1. The first-order valence-electron chi connectivity index (χ1n) is 6.76. The molecular weight excluding hydrogens is 340 g/mol. The molecule has 1 saturated heterocycles. The summed E-state index contributed by atoms with van der Waals surface area (Å²) in [4.78, 5) is 23.0. The number of hydrogen-bond acceptors (Lipinski definition) is 3. The van der Waals surface area contributed by atoms with Gasteiger partial charge in [-0.15, -0.1) is 0 Å². The molecule has 0 spiro atoms. The summed E-state index contributed by atoms with van der Waals surface area (Å²) < 4.78 is 5.99. The molecule has 1 aromatic rings. The van der Waals surface area contributed by atoms with Gasteiger partial charge in [-0.25, -0.2) is 9.59 Å². The number of rotatable bonds is 5. The second-order valence-corrected chi connectivity index (χ2v) is 5.63. The van der Waals surface area contributed by atoms with Gasteiger partial charge in [0.1, 0.15) is 0 Å². The predicted molar refractivity (Wildman–Crippen MR) is 81.7 cm³/mol. The lowest BCUT2D eigenvalue weighted by atomic mass is 10.2. The van der Waals surface area contributed by atoms with E-state index < -0.39 is 12.0 Å². The number of halogens is 1. The molecule has 1 unspecified atom stereocenters. The summed E-state index contributed by atoms with van der Waals surface area (Å²) in [7, 11) is 0. The van der Waals surface area contributed by atoms with E-state index in [9.17, 15) is 9.59 Å². The van der Waals surface area contributed by atoms with Crippen LogP contribution in [0.2, 0.25) is 0 Å². The van der Waals surface area contributed by atoms with Gasteiger partial charge in [0.15, 0.2) is 0 Å². The smallest absolute Gasteiger partial charge is 0.337 e. The van der Waals surface area contributed by atoms with E-state index in [0.717, 1.165) is 25.9 Å². The maximum atomic E-state index is 11.8. The van der Waals surface area contributed by atoms with Crippen LogP contribution in [0, 0.1) is 0 Å². The lowest BCUT2D eigenvalue weighted by molar-refractivity contribution is 0.0698. The van der Waals surface area contributed by atoms with Gasteiger partial charge in [0.05, 0.1) is 17.4 Å². The van der Waals surface area contributed by atoms with Crippen LogP contribution in [-0.2, 0) is 4.74 Å². The standard InChI is InChI=1S/C14H17BrN2O4/c15-11-5-1-4-10(13(18)19)12(11)17-14(20)16-7-6-9-3-2-8-21-9/h1,4-5,9H,2-3,6-8H2,(H,18,19)(H2,16,17,20). The van der Waals surface area contributed by atoms with Crippen LogP contribution in [0.25, 0.3) is 0 Å². The monoisotopic (exact) mass is 356 g/mol. The third-order valence-electron chi connectivity index (χ3n) is 3.26. The number of carbonyl (C=O) groups excluding carboxylic acids is 1. The summed E-state index contributed by atoms with van der Waals surface area (Å²) in [5.74, 6) is -1.09. The van der Waals surface area contributed by atoms with Crippen LogP contribution >= 0.6 is 15.9 Å². The van der Waals surface area contributed by atoms with Crippen molar-refractivity contribution >= 4 is 33.6 Å². The van der Waals surface area contributed by atoms with Crippen molar-refractivity contribution in [3.8, 4) is 0 Å². The molecule has 21 heavy (non-hydrogen) atoms. The molecule has 2 rings (SSSR count). The lowest BCUT2D eigenvalue weighted by Crippen LogP contribution is -2.31. The van der Waals surface area contributed by atoms with E-state index in [-0.39, 0.29) is 17.4 Å². The summed E-state index contributed by atoms with van der Waals surface area (Å²) in [6.45, 7) is 1.28. The number of amides is 2. The summed E-state index contributed by atoms with van der Waals surface area (Å²) in [6, 6.07) is 4.29. The van der Waals surface area contributed by atoms with Crippen molar-refractivity contribution in [2.45, 2.75) is 25.4 Å². The molecule has 7 heteroatoms. The number of urea groups is 1. The fourth-order valence-corrected chi connectivity index (χ4v) is 2.67. The van der Waals surface area contributed by atoms with Gasteiger partial charge < -0.3 is 20.5 Å². The molecular formula is C14H17BrN2O4. The number of carboxylic acid groups (broad SMARTS) is 1. The summed E-state index contributed by atoms with van der Waals surface area (Å²) in [6.07, 6.45) is 3.06. The number of carbonyl (C=O) groups is 2. The van der Waals surface area contributed by atoms with Crippen LogP contribution in [0.15, 0.2) is 22.7 Å². The molecule has 1 atom stereocenters. The molecule has 3 N–H and O–H groups in total. The molecule has 0 radical (unpaired) electrons. The Balaban J connectivity index is 1.88. The number of ether oxygens (including phenoxy) is 1. The van der Waals surface area contributed by atoms with Gasteiger partial charge in [0.2, 0.25) is 0 Å². The first kappa shape index (κ1) is 15.8. The Morgan fingerprint density at radius 3 is 2.90 bits per heavy atom. The molecule has 2 amide bonds. The minimum absolute atomic E-state index is 0.0404. The maximum Gasteiger partial charge on any atom is 0.337 e. The third kappa shape index (κ3) is 4.44. The topological polar surface area (TPSA) is 87.7 Å². The number of anilines is 1. The van der Waals surface area contributed by atoms with Gasteiger partial charge in [0.25, 0.3) is 0 Å². The lowest BCUT2D eigenvalue weighted by Gasteiger charge is -2.13. The first-order valence-corrected chi connectivity index (χ1v) is 7.55. The van der Waals surface area contributed by atoms with Crippen molar-refractivity contribution < 1.29 is 19.4 Å². The van der Waals surface area contributed by atoms with Crippen LogP contribution in [-0.4, -0.2) is 36.4 Å². The van der Waals surface area contributed by atoms with Crippen molar-refractivity contribution in [3.05, 3.63) is 28.2 Å². The van der Waals surface area contributed by atoms with E-state index in [4.69, 9.17) is 9.84 Å². The van der Waals surface area contributed by atoms with E-state index in [0.29, 0.717) is 11.0 Å². The number of carboxylic acids is 1. The van der Waals surface area contributed by atoms with Crippen molar-refractivity contribution in [2.24, 2.45) is 0 Å². The average molecular weight is 357 g/mol. The second-order valence-electron chi connectivity index (χ2n) is 4.77. The Hall–Kier alpha value is -1.60. The van der Waals surface area contributed by atoms with Crippen molar-refractivity contribution in [1.29, 1.82) is 0 Å². The molecule has 1 heterocycles. The number of aromatic carboxylic acids is 1. The molecule has 0 saturated carbocycles. The van der Waals surface area contributed by atoms with Crippen molar-refractivity contribution in [3.63, 3.8) is 0 Å². The van der Waals surface area contributed by atoms with Crippen LogP contribution in [0.1, 0.15) is 29.6 Å². The molecule has 114 valence electrons. The number of nitrogens with one attached hydrogen (secondary N) is 2. The number of hydrogen-bond donors (Lipinski definition) is 3. The fraction of sp³-hybridized carbons (Fsp3) is 0.429. The summed E-state index contributed by atoms with van der Waals surface area (Å²) in [5, 5.41) is 14.4. The molecule has 6 nitrogen and oxygen atoms in total. The van der Waals surface area contributed by atoms with Gasteiger partial charge in [0, 0.05) is 17.6 Å². The first-order chi connectivity index (χ1) is 10.1. The van der Waals surface area contributed by atoms with Crippen LogP contribution in [0.4, 0.5) is 10.5 Å². The molecule has 1 aromatic carbocycles. The highest BCUT2D eigenvalue weighted by Crippen LogP contribution is 2.26. The average Bonchev–Trinajstić information content (AvgIpc) is 2.94. The van der Waals surface area contributed by atoms with Crippen LogP contribution in [0.3, 0.4) is 0 Å². The molecule has 0 aromatic heterocycles. The number of para-hydroxylation sites is 1. The molecule has 0 bridgehead atoms. The molecule has 1 aliphatic heterocycles. The van der Waals surface area contributed by atoms with Crippen molar-refractivity contribution in [1.82, 2.24) is 5.32 Å². The van der Waals surface area contributed by atoms with Gasteiger partial charge in [-0.3, -0.25) is 0 Å². The van der Waals surface area contributed by atoms with E-state index in [2.05, 4.69) is 26.6 Å². The Bertz CT molecular complexity index is 530. The Morgan fingerprint density at radius 2 is 2.24 bits per heavy atom. The molecule has 1 aliphatic rings. The van der Waals surface area contributed by atoms with Crippen LogP contribution < -0.4 is 10.6 Å².